The highest BCUT2D eigenvalue weighted by molar-refractivity contribution is 5.75. The third-order valence-corrected chi connectivity index (χ3v) is 2.99. The fraction of sp³-hybridized carbons (Fsp3) is 0.429. The molecule has 0 saturated carbocycles. The van der Waals surface area contributed by atoms with Crippen molar-refractivity contribution >= 4 is 12.0 Å². The van der Waals surface area contributed by atoms with Gasteiger partial charge in [-0.2, -0.15) is 0 Å². The number of hydrogen-bond acceptors (Lipinski definition) is 2. The molecular formula is C14H19FN2O3. The van der Waals surface area contributed by atoms with Crippen LogP contribution in [-0.4, -0.2) is 34.6 Å². The molecule has 0 aliphatic carbocycles. The molecular weight excluding hydrogens is 263 g/mol. The number of rotatable bonds is 6. The van der Waals surface area contributed by atoms with Crippen LogP contribution in [0.3, 0.4) is 0 Å². The van der Waals surface area contributed by atoms with Gasteiger partial charge in [0.2, 0.25) is 0 Å². The third-order valence-electron chi connectivity index (χ3n) is 2.99. The lowest BCUT2D eigenvalue weighted by Crippen LogP contribution is -2.45. The summed E-state index contributed by atoms with van der Waals surface area (Å²) in [6.07, 6.45) is -0.124. The lowest BCUT2D eigenvalue weighted by molar-refractivity contribution is -0.138. The molecule has 5 nitrogen and oxygen atoms in total. The van der Waals surface area contributed by atoms with Crippen molar-refractivity contribution in [2.45, 2.75) is 32.9 Å². The molecule has 2 N–H and O–H groups in total. The van der Waals surface area contributed by atoms with Crippen molar-refractivity contribution in [3.05, 3.63) is 35.6 Å². The zero-order chi connectivity index (χ0) is 15.1. The molecule has 1 rings (SSSR count). The predicted octanol–water partition coefficient (Wildman–Crippen LogP) is 2.22. The number of carboxylic acids is 1. The summed E-state index contributed by atoms with van der Waals surface area (Å²) < 4.78 is 13.4. The van der Waals surface area contributed by atoms with E-state index in [4.69, 9.17) is 5.11 Å². The molecule has 0 fully saturated rings. The van der Waals surface area contributed by atoms with Gasteiger partial charge >= 0.3 is 12.0 Å². The van der Waals surface area contributed by atoms with Crippen LogP contribution < -0.4 is 5.32 Å². The Hall–Kier alpha value is -2.11. The largest absolute Gasteiger partial charge is 0.481 e. The molecule has 1 unspecified atom stereocenters. The number of carbonyl (C=O) groups excluding carboxylic acids is 1. The fourth-order valence-electron chi connectivity index (χ4n) is 1.93. The Labute approximate surface area is 117 Å². The Balaban J connectivity index is 2.60. The van der Waals surface area contributed by atoms with Crippen LogP contribution in [0.5, 0.6) is 0 Å². The van der Waals surface area contributed by atoms with Crippen molar-refractivity contribution in [2.24, 2.45) is 0 Å². The highest BCUT2D eigenvalue weighted by Crippen LogP contribution is 2.08. The van der Waals surface area contributed by atoms with Gasteiger partial charge in [0.15, 0.2) is 0 Å². The number of aliphatic carboxylic acids is 1. The average molecular weight is 282 g/mol. The van der Waals surface area contributed by atoms with Gasteiger partial charge in [0.1, 0.15) is 5.82 Å². The van der Waals surface area contributed by atoms with E-state index in [2.05, 4.69) is 5.32 Å². The van der Waals surface area contributed by atoms with Crippen molar-refractivity contribution in [2.75, 3.05) is 6.54 Å². The molecule has 0 saturated heterocycles. The zero-order valence-corrected chi connectivity index (χ0v) is 11.6. The second kappa shape index (κ2) is 7.47. The summed E-state index contributed by atoms with van der Waals surface area (Å²) in [7, 11) is 0. The van der Waals surface area contributed by atoms with Crippen molar-refractivity contribution in [1.82, 2.24) is 10.2 Å². The SMILES string of the molecule is CCN(C(=O)NCc1ccccc1F)C(C)CC(=O)O. The normalized spacial score (nSPS) is 11.8. The maximum atomic E-state index is 13.4. The lowest BCUT2D eigenvalue weighted by Gasteiger charge is -2.27. The van der Waals surface area contributed by atoms with Crippen LogP contribution >= 0.6 is 0 Å². The molecule has 2 amide bonds. The molecule has 0 spiro atoms. The molecule has 1 aromatic carbocycles. The number of halogens is 1. The van der Waals surface area contributed by atoms with Gasteiger partial charge in [-0.25, -0.2) is 9.18 Å². The highest BCUT2D eigenvalue weighted by Gasteiger charge is 2.20. The van der Waals surface area contributed by atoms with E-state index in [9.17, 15) is 14.0 Å². The quantitative estimate of drug-likeness (QED) is 0.840. The number of carbonyl (C=O) groups is 2. The Morgan fingerprint density at radius 3 is 2.60 bits per heavy atom. The first kappa shape index (κ1) is 15.9. The van der Waals surface area contributed by atoms with Crippen LogP contribution in [0.1, 0.15) is 25.8 Å². The fourth-order valence-corrected chi connectivity index (χ4v) is 1.93. The van der Waals surface area contributed by atoms with Crippen LogP contribution in [-0.2, 0) is 11.3 Å². The lowest BCUT2D eigenvalue weighted by atomic mass is 10.2. The maximum Gasteiger partial charge on any atom is 0.317 e. The number of nitrogens with zero attached hydrogens (tertiary/aromatic N) is 1. The van der Waals surface area contributed by atoms with Gasteiger partial charge in [0.05, 0.1) is 6.42 Å². The summed E-state index contributed by atoms with van der Waals surface area (Å²) in [6.45, 7) is 3.89. The number of nitrogens with one attached hydrogen (secondary N) is 1. The van der Waals surface area contributed by atoms with E-state index >= 15 is 0 Å². The Kier molecular flexibility index (Phi) is 5.96. The second-order valence-corrected chi connectivity index (χ2v) is 4.48. The van der Waals surface area contributed by atoms with Crippen molar-refractivity contribution in [3.8, 4) is 0 Å². The van der Waals surface area contributed by atoms with Gasteiger partial charge in [-0.3, -0.25) is 4.79 Å². The van der Waals surface area contributed by atoms with Crippen LogP contribution in [0.4, 0.5) is 9.18 Å². The zero-order valence-electron chi connectivity index (χ0n) is 11.6. The van der Waals surface area contributed by atoms with E-state index in [1.54, 1.807) is 32.0 Å². The summed E-state index contributed by atoms with van der Waals surface area (Å²) in [4.78, 5) is 24.1. The van der Waals surface area contributed by atoms with E-state index in [0.717, 1.165) is 0 Å². The standard InChI is InChI=1S/C14H19FN2O3/c1-3-17(10(2)8-13(18)19)14(20)16-9-11-6-4-5-7-12(11)15/h4-7,10H,3,8-9H2,1-2H3,(H,16,20)(H,18,19). The van der Waals surface area contributed by atoms with Gasteiger partial charge in [0, 0.05) is 24.7 Å². The van der Waals surface area contributed by atoms with Crippen LogP contribution in [0.25, 0.3) is 0 Å². The summed E-state index contributed by atoms with van der Waals surface area (Å²) in [5.74, 6) is -1.34. The van der Waals surface area contributed by atoms with Crippen LogP contribution in [0.2, 0.25) is 0 Å². The Morgan fingerprint density at radius 2 is 2.05 bits per heavy atom. The molecule has 0 radical (unpaired) electrons. The summed E-state index contributed by atoms with van der Waals surface area (Å²) >= 11 is 0. The van der Waals surface area contributed by atoms with E-state index in [-0.39, 0.29) is 18.8 Å². The van der Waals surface area contributed by atoms with Crippen molar-refractivity contribution < 1.29 is 19.1 Å². The second-order valence-electron chi connectivity index (χ2n) is 4.48. The highest BCUT2D eigenvalue weighted by atomic mass is 19.1. The minimum absolute atomic E-state index is 0.0712. The molecule has 110 valence electrons. The third kappa shape index (κ3) is 4.53. The van der Waals surface area contributed by atoms with Gasteiger partial charge in [-0.15, -0.1) is 0 Å². The smallest absolute Gasteiger partial charge is 0.317 e. The molecule has 1 aromatic rings. The average Bonchev–Trinajstić information content (AvgIpc) is 2.37. The molecule has 20 heavy (non-hydrogen) atoms. The number of amides is 2. The van der Waals surface area contributed by atoms with E-state index in [1.165, 1.54) is 11.0 Å². The number of urea groups is 1. The van der Waals surface area contributed by atoms with E-state index in [1.807, 2.05) is 0 Å². The molecule has 0 aliphatic heterocycles. The van der Waals surface area contributed by atoms with E-state index in [0.29, 0.717) is 12.1 Å². The molecule has 0 aromatic heterocycles. The minimum Gasteiger partial charge on any atom is -0.481 e. The summed E-state index contributed by atoms with van der Waals surface area (Å²) in [6, 6.07) is 5.37. The number of benzene rings is 1. The maximum absolute atomic E-state index is 13.4. The molecule has 0 bridgehead atoms. The van der Waals surface area contributed by atoms with Crippen LogP contribution in [0.15, 0.2) is 24.3 Å². The van der Waals surface area contributed by atoms with Gasteiger partial charge in [-0.1, -0.05) is 18.2 Å². The number of hydrogen-bond donors (Lipinski definition) is 2. The number of carboxylic acid groups (broad SMARTS) is 1. The van der Waals surface area contributed by atoms with Crippen molar-refractivity contribution in [1.29, 1.82) is 0 Å². The van der Waals surface area contributed by atoms with E-state index < -0.39 is 18.0 Å². The summed E-state index contributed by atoms with van der Waals surface area (Å²) in [5, 5.41) is 11.3. The first-order valence-corrected chi connectivity index (χ1v) is 6.45. The first-order valence-electron chi connectivity index (χ1n) is 6.45. The molecule has 6 heteroatoms. The summed E-state index contributed by atoms with van der Waals surface area (Å²) in [5.41, 5.74) is 0.391. The topological polar surface area (TPSA) is 69.6 Å². The van der Waals surface area contributed by atoms with Crippen molar-refractivity contribution in [3.63, 3.8) is 0 Å². The monoisotopic (exact) mass is 282 g/mol. The van der Waals surface area contributed by atoms with Crippen LogP contribution in [0, 0.1) is 5.82 Å². The Bertz CT molecular complexity index is 479. The predicted molar refractivity (Wildman–Crippen MR) is 72.7 cm³/mol. The first-order chi connectivity index (χ1) is 9.45. The molecule has 0 heterocycles. The Morgan fingerprint density at radius 1 is 1.40 bits per heavy atom. The van der Waals surface area contributed by atoms with Gasteiger partial charge in [0.25, 0.3) is 0 Å². The molecule has 1 atom stereocenters. The molecule has 0 aliphatic rings. The van der Waals surface area contributed by atoms with Gasteiger partial charge < -0.3 is 15.3 Å². The van der Waals surface area contributed by atoms with Gasteiger partial charge in [-0.05, 0) is 19.9 Å². The minimum atomic E-state index is -0.960.